The minimum absolute atomic E-state index is 0.194. The van der Waals surface area contributed by atoms with Gasteiger partial charge in [0.1, 0.15) is 0 Å². The third-order valence-electron chi connectivity index (χ3n) is 1.62. The van der Waals surface area contributed by atoms with Gasteiger partial charge in [-0.3, -0.25) is 0 Å². The molecule has 0 saturated heterocycles. The fraction of sp³-hybridized carbons (Fsp3) is 0.250. The van der Waals surface area contributed by atoms with Crippen LogP contribution in [0.15, 0.2) is 24.3 Å². The number of aliphatic hydroxyl groups excluding tert-OH is 1. The van der Waals surface area contributed by atoms with E-state index < -0.39 is 6.04 Å². The van der Waals surface area contributed by atoms with E-state index in [1.54, 1.807) is 24.3 Å². The smallest absolute Gasteiger partial charge is 0.0814 e. The van der Waals surface area contributed by atoms with Crippen LogP contribution in [0.25, 0.3) is 0 Å². The Morgan fingerprint density at radius 1 is 1.42 bits per heavy atom. The van der Waals surface area contributed by atoms with Crippen molar-refractivity contribution in [1.82, 2.24) is 5.48 Å². The Bertz CT molecular complexity index is 251. The SMILES string of the molecule is OC[C@@H](NO)c1ccccc1Cl. The zero-order chi connectivity index (χ0) is 8.97. The fourth-order valence-corrected chi connectivity index (χ4v) is 1.23. The largest absolute Gasteiger partial charge is 0.394 e. The van der Waals surface area contributed by atoms with Crippen LogP contribution in [0.1, 0.15) is 11.6 Å². The lowest BCUT2D eigenvalue weighted by molar-refractivity contribution is 0.0906. The van der Waals surface area contributed by atoms with Crippen molar-refractivity contribution in [1.29, 1.82) is 0 Å². The maximum absolute atomic E-state index is 8.82. The predicted molar refractivity (Wildman–Crippen MR) is 46.2 cm³/mol. The highest BCUT2D eigenvalue weighted by atomic mass is 35.5. The first-order valence-electron chi connectivity index (χ1n) is 3.54. The molecule has 66 valence electrons. The summed E-state index contributed by atoms with van der Waals surface area (Å²) >= 11 is 5.81. The van der Waals surface area contributed by atoms with Crippen LogP contribution in [0.3, 0.4) is 0 Å². The third-order valence-corrected chi connectivity index (χ3v) is 1.96. The predicted octanol–water partition coefficient (Wildman–Crippen LogP) is 1.35. The molecule has 4 heteroatoms. The van der Waals surface area contributed by atoms with E-state index in [0.717, 1.165) is 0 Å². The normalized spacial score (nSPS) is 12.9. The van der Waals surface area contributed by atoms with Gasteiger partial charge in [-0.05, 0) is 11.6 Å². The van der Waals surface area contributed by atoms with Gasteiger partial charge in [-0.25, -0.2) is 0 Å². The number of hydroxylamine groups is 1. The molecule has 1 aromatic rings. The van der Waals surface area contributed by atoms with E-state index in [2.05, 4.69) is 0 Å². The lowest BCUT2D eigenvalue weighted by Gasteiger charge is -2.13. The number of benzene rings is 1. The molecule has 0 heterocycles. The highest BCUT2D eigenvalue weighted by molar-refractivity contribution is 6.31. The van der Waals surface area contributed by atoms with E-state index in [0.29, 0.717) is 10.6 Å². The first-order valence-corrected chi connectivity index (χ1v) is 3.92. The van der Waals surface area contributed by atoms with Gasteiger partial charge in [-0.2, -0.15) is 5.48 Å². The van der Waals surface area contributed by atoms with Gasteiger partial charge in [0.2, 0.25) is 0 Å². The van der Waals surface area contributed by atoms with Gasteiger partial charge in [0.05, 0.1) is 12.6 Å². The van der Waals surface area contributed by atoms with Crippen molar-refractivity contribution in [3.8, 4) is 0 Å². The lowest BCUT2D eigenvalue weighted by Crippen LogP contribution is -2.20. The van der Waals surface area contributed by atoms with E-state index in [-0.39, 0.29) is 6.61 Å². The maximum atomic E-state index is 8.82. The van der Waals surface area contributed by atoms with E-state index in [9.17, 15) is 0 Å². The fourth-order valence-electron chi connectivity index (χ4n) is 0.966. The Morgan fingerprint density at radius 2 is 2.08 bits per heavy atom. The van der Waals surface area contributed by atoms with Crippen LogP contribution in [-0.4, -0.2) is 16.9 Å². The molecule has 0 spiro atoms. The van der Waals surface area contributed by atoms with Gasteiger partial charge in [-0.1, -0.05) is 29.8 Å². The van der Waals surface area contributed by atoms with Gasteiger partial charge in [0.25, 0.3) is 0 Å². The molecule has 0 saturated carbocycles. The molecule has 0 aliphatic carbocycles. The zero-order valence-corrected chi connectivity index (χ0v) is 7.12. The maximum Gasteiger partial charge on any atom is 0.0814 e. The van der Waals surface area contributed by atoms with Crippen molar-refractivity contribution >= 4 is 11.6 Å². The van der Waals surface area contributed by atoms with E-state index in [1.165, 1.54) is 0 Å². The Labute approximate surface area is 75.6 Å². The Hall–Kier alpha value is -0.610. The quantitative estimate of drug-likeness (QED) is 0.627. The highest BCUT2D eigenvalue weighted by Gasteiger charge is 2.10. The first kappa shape index (κ1) is 9.48. The lowest BCUT2D eigenvalue weighted by atomic mass is 10.1. The summed E-state index contributed by atoms with van der Waals surface area (Å²) in [4.78, 5) is 0. The van der Waals surface area contributed by atoms with Crippen molar-refractivity contribution in [3.63, 3.8) is 0 Å². The van der Waals surface area contributed by atoms with Crippen molar-refractivity contribution in [2.45, 2.75) is 6.04 Å². The highest BCUT2D eigenvalue weighted by Crippen LogP contribution is 2.21. The van der Waals surface area contributed by atoms with Gasteiger partial charge < -0.3 is 10.3 Å². The number of nitrogens with one attached hydrogen (secondary N) is 1. The van der Waals surface area contributed by atoms with Crippen molar-refractivity contribution in [2.24, 2.45) is 0 Å². The number of hydrogen-bond acceptors (Lipinski definition) is 3. The minimum Gasteiger partial charge on any atom is -0.394 e. The molecule has 12 heavy (non-hydrogen) atoms. The summed E-state index contributed by atoms with van der Waals surface area (Å²) in [6.07, 6.45) is 0. The molecule has 3 N–H and O–H groups in total. The minimum atomic E-state index is -0.515. The van der Waals surface area contributed by atoms with Crippen LogP contribution in [-0.2, 0) is 0 Å². The van der Waals surface area contributed by atoms with Crippen LogP contribution in [0.4, 0.5) is 0 Å². The zero-order valence-electron chi connectivity index (χ0n) is 6.37. The average Bonchev–Trinajstić information content (AvgIpc) is 2.10. The molecule has 1 rings (SSSR count). The molecule has 0 amide bonds. The molecule has 1 aromatic carbocycles. The molecular weight excluding hydrogens is 178 g/mol. The summed E-state index contributed by atoms with van der Waals surface area (Å²) in [5.74, 6) is 0. The molecule has 0 bridgehead atoms. The van der Waals surface area contributed by atoms with E-state index in [4.69, 9.17) is 21.9 Å². The summed E-state index contributed by atoms with van der Waals surface area (Å²) in [6, 6.07) is 6.51. The summed E-state index contributed by atoms with van der Waals surface area (Å²) in [6.45, 7) is -0.194. The molecular formula is C8H10ClNO2. The Morgan fingerprint density at radius 3 is 2.58 bits per heavy atom. The Balaban J connectivity index is 2.92. The van der Waals surface area contributed by atoms with Crippen LogP contribution in [0.5, 0.6) is 0 Å². The number of aliphatic hydroxyl groups is 1. The second kappa shape index (κ2) is 4.42. The number of rotatable bonds is 3. The third kappa shape index (κ3) is 1.95. The van der Waals surface area contributed by atoms with Gasteiger partial charge in [-0.15, -0.1) is 0 Å². The molecule has 0 radical (unpaired) electrons. The summed E-state index contributed by atoms with van der Waals surface area (Å²) in [5.41, 5.74) is 2.66. The van der Waals surface area contributed by atoms with Crippen LogP contribution in [0, 0.1) is 0 Å². The summed E-state index contributed by atoms with van der Waals surface area (Å²) in [5, 5.41) is 18.0. The van der Waals surface area contributed by atoms with Gasteiger partial charge in [0, 0.05) is 5.02 Å². The van der Waals surface area contributed by atoms with E-state index >= 15 is 0 Å². The molecule has 0 fully saturated rings. The topological polar surface area (TPSA) is 52.5 Å². The van der Waals surface area contributed by atoms with Crippen LogP contribution < -0.4 is 5.48 Å². The van der Waals surface area contributed by atoms with Crippen LogP contribution in [0.2, 0.25) is 5.02 Å². The van der Waals surface area contributed by atoms with Crippen molar-refractivity contribution < 1.29 is 10.3 Å². The summed E-state index contributed by atoms with van der Waals surface area (Å²) < 4.78 is 0. The Kier molecular flexibility index (Phi) is 3.49. The first-order chi connectivity index (χ1) is 5.79. The molecule has 3 nitrogen and oxygen atoms in total. The van der Waals surface area contributed by atoms with E-state index in [1.807, 2.05) is 5.48 Å². The summed E-state index contributed by atoms with van der Waals surface area (Å²) in [7, 11) is 0. The van der Waals surface area contributed by atoms with Gasteiger partial charge in [0.15, 0.2) is 0 Å². The second-order valence-corrected chi connectivity index (χ2v) is 2.79. The number of hydrogen-bond donors (Lipinski definition) is 3. The second-order valence-electron chi connectivity index (χ2n) is 2.39. The standard InChI is InChI=1S/C8H10ClNO2/c9-7-4-2-1-3-6(7)8(5-11)10-12/h1-4,8,10-12H,5H2/t8-/m1/s1. The molecule has 0 aliphatic heterocycles. The number of halogens is 1. The monoisotopic (exact) mass is 187 g/mol. The van der Waals surface area contributed by atoms with Crippen molar-refractivity contribution in [2.75, 3.05) is 6.61 Å². The van der Waals surface area contributed by atoms with Crippen LogP contribution >= 0.6 is 11.6 Å². The van der Waals surface area contributed by atoms with Crippen molar-refractivity contribution in [3.05, 3.63) is 34.9 Å². The molecule has 0 unspecified atom stereocenters. The molecule has 0 aliphatic rings. The average molecular weight is 188 g/mol. The molecule has 1 atom stereocenters. The molecule has 0 aromatic heterocycles. The van der Waals surface area contributed by atoms with Gasteiger partial charge >= 0.3 is 0 Å².